The van der Waals surface area contributed by atoms with Crippen LogP contribution in [0.1, 0.15) is 39.5 Å². The van der Waals surface area contributed by atoms with Crippen LogP contribution in [0.2, 0.25) is 0 Å². The summed E-state index contributed by atoms with van der Waals surface area (Å²) in [5.41, 5.74) is -1.31. The second kappa shape index (κ2) is 5.84. The Morgan fingerprint density at radius 1 is 1.33 bits per heavy atom. The van der Waals surface area contributed by atoms with Crippen LogP contribution in [0.3, 0.4) is 0 Å². The van der Waals surface area contributed by atoms with Crippen molar-refractivity contribution in [1.29, 1.82) is 0 Å². The normalized spacial score (nSPS) is 17.2. The van der Waals surface area contributed by atoms with Gasteiger partial charge in [-0.3, -0.25) is 9.59 Å². The van der Waals surface area contributed by atoms with Gasteiger partial charge in [-0.1, -0.05) is 6.42 Å². The molecule has 0 aromatic heterocycles. The van der Waals surface area contributed by atoms with E-state index in [1.54, 1.807) is 0 Å². The van der Waals surface area contributed by atoms with Crippen LogP contribution in [-0.2, 0) is 14.4 Å². The minimum absolute atomic E-state index is 0.0317. The van der Waals surface area contributed by atoms with Gasteiger partial charge >= 0.3 is 5.97 Å². The number of carboxylic acid groups (broad SMARTS) is 1. The molecule has 1 aliphatic rings. The monoisotopic (exact) mass is 256 g/mol. The molecular weight excluding hydrogens is 236 g/mol. The molecule has 0 bridgehead atoms. The standard InChI is InChI=1S/C12H20N2O4/c1-12(2,11(17)18)13-9(15)8-14-7-5-3-4-6-10(14)16/h3-8H2,1-2H3,(H,13,15)(H,17,18). The predicted octanol–water partition coefficient (Wildman–Crippen LogP) is 0.368. The average molecular weight is 256 g/mol. The van der Waals surface area contributed by atoms with Gasteiger partial charge in [0.2, 0.25) is 11.8 Å². The third-order valence-corrected chi connectivity index (χ3v) is 2.99. The van der Waals surface area contributed by atoms with Gasteiger partial charge in [0.1, 0.15) is 5.54 Å². The molecule has 1 saturated heterocycles. The highest BCUT2D eigenvalue weighted by Gasteiger charge is 2.30. The molecule has 0 aromatic carbocycles. The number of aliphatic carboxylic acids is 1. The van der Waals surface area contributed by atoms with Crippen LogP contribution in [-0.4, -0.2) is 46.4 Å². The van der Waals surface area contributed by atoms with Crippen molar-refractivity contribution in [1.82, 2.24) is 10.2 Å². The number of nitrogens with zero attached hydrogens (tertiary/aromatic N) is 1. The minimum atomic E-state index is -1.31. The van der Waals surface area contributed by atoms with Crippen LogP contribution in [0.5, 0.6) is 0 Å². The molecule has 0 spiro atoms. The molecule has 2 amide bonds. The van der Waals surface area contributed by atoms with Crippen LogP contribution in [0, 0.1) is 0 Å². The van der Waals surface area contributed by atoms with E-state index >= 15 is 0 Å². The lowest BCUT2D eigenvalue weighted by Gasteiger charge is -2.24. The van der Waals surface area contributed by atoms with Crippen LogP contribution in [0.25, 0.3) is 0 Å². The molecule has 2 N–H and O–H groups in total. The molecule has 1 heterocycles. The first-order chi connectivity index (χ1) is 8.33. The molecule has 0 aliphatic carbocycles. The maximum atomic E-state index is 11.7. The summed E-state index contributed by atoms with van der Waals surface area (Å²) in [5, 5.41) is 11.3. The Balaban J connectivity index is 2.53. The Hall–Kier alpha value is -1.59. The minimum Gasteiger partial charge on any atom is -0.480 e. The van der Waals surface area contributed by atoms with Gasteiger partial charge in [0.25, 0.3) is 0 Å². The SMILES string of the molecule is CC(C)(NC(=O)CN1CCCCCC1=O)C(=O)O. The topological polar surface area (TPSA) is 86.7 Å². The Morgan fingerprint density at radius 2 is 2.00 bits per heavy atom. The summed E-state index contributed by atoms with van der Waals surface area (Å²) < 4.78 is 0. The summed E-state index contributed by atoms with van der Waals surface area (Å²) in [6.07, 6.45) is 3.21. The molecule has 18 heavy (non-hydrogen) atoms. The van der Waals surface area contributed by atoms with Crippen molar-refractivity contribution in [3.05, 3.63) is 0 Å². The van der Waals surface area contributed by atoms with Gasteiger partial charge in [0, 0.05) is 13.0 Å². The summed E-state index contributed by atoms with van der Waals surface area (Å²) in [4.78, 5) is 35.8. The third kappa shape index (κ3) is 4.01. The lowest BCUT2D eigenvalue weighted by molar-refractivity contribution is -0.146. The molecule has 1 aliphatic heterocycles. The molecule has 0 aromatic rings. The zero-order valence-electron chi connectivity index (χ0n) is 10.9. The van der Waals surface area contributed by atoms with E-state index in [2.05, 4.69) is 5.32 Å². The summed E-state index contributed by atoms with van der Waals surface area (Å²) >= 11 is 0. The van der Waals surface area contributed by atoms with Crippen molar-refractivity contribution in [3.63, 3.8) is 0 Å². The van der Waals surface area contributed by atoms with E-state index in [1.807, 2.05) is 0 Å². The van der Waals surface area contributed by atoms with E-state index in [9.17, 15) is 14.4 Å². The van der Waals surface area contributed by atoms with Gasteiger partial charge in [-0.15, -0.1) is 0 Å². The van der Waals surface area contributed by atoms with E-state index < -0.39 is 17.4 Å². The van der Waals surface area contributed by atoms with Gasteiger partial charge in [-0.25, -0.2) is 4.79 Å². The molecule has 0 radical (unpaired) electrons. The van der Waals surface area contributed by atoms with Gasteiger partial charge in [0.15, 0.2) is 0 Å². The number of amides is 2. The van der Waals surface area contributed by atoms with E-state index in [4.69, 9.17) is 5.11 Å². The lowest BCUT2D eigenvalue weighted by atomic mass is 10.1. The number of carbonyl (C=O) groups is 3. The summed E-state index contributed by atoms with van der Waals surface area (Å²) in [6.45, 7) is 3.34. The van der Waals surface area contributed by atoms with Crippen molar-refractivity contribution in [2.24, 2.45) is 0 Å². The van der Waals surface area contributed by atoms with Crippen molar-refractivity contribution >= 4 is 17.8 Å². The Morgan fingerprint density at radius 3 is 2.61 bits per heavy atom. The number of nitrogens with one attached hydrogen (secondary N) is 1. The van der Waals surface area contributed by atoms with Crippen LogP contribution in [0.4, 0.5) is 0 Å². The molecule has 6 heteroatoms. The molecule has 102 valence electrons. The highest BCUT2D eigenvalue weighted by atomic mass is 16.4. The van der Waals surface area contributed by atoms with E-state index in [0.29, 0.717) is 13.0 Å². The fourth-order valence-corrected chi connectivity index (χ4v) is 1.82. The number of carboxylic acids is 1. The van der Waals surface area contributed by atoms with E-state index in [-0.39, 0.29) is 12.5 Å². The predicted molar refractivity (Wildman–Crippen MR) is 64.9 cm³/mol. The van der Waals surface area contributed by atoms with E-state index in [0.717, 1.165) is 19.3 Å². The summed E-state index contributed by atoms with van der Waals surface area (Å²) in [5.74, 6) is -1.56. The molecule has 0 saturated carbocycles. The summed E-state index contributed by atoms with van der Waals surface area (Å²) in [6, 6.07) is 0. The first-order valence-corrected chi connectivity index (χ1v) is 6.15. The van der Waals surface area contributed by atoms with Gasteiger partial charge in [-0.05, 0) is 26.7 Å². The smallest absolute Gasteiger partial charge is 0.328 e. The molecule has 1 fully saturated rings. The van der Waals surface area contributed by atoms with Crippen molar-refractivity contribution in [3.8, 4) is 0 Å². The quantitative estimate of drug-likeness (QED) is 0.760. The maximum Gasteiger partial charge on any atom is 0.328 e. The second-order valence-electron chi connectivity index (χ2n) is 5.10. The number of hydrogen-bond acceptors (Lipinski definition) is 3. The van der Waals surface area contributed by atoms with Crippen LogP contribution in [0.15, 0.2) is 0 Å². The number of hydrogen-bond donors (Lipinski definition) is 2. The molecule has 0 atom stereocenters. The zero-order chi connectivity index (χ0) is 13.8. The highest BCUT2D eigenvalue weighted by molar-refractivity contribution is 5.89. The second-order valence-corrected chi connectivity index (χ2v) is 5.10. The van der Waals surface area contributed by atoms with Gasteiger partial charge in [0.05, 0.1) is 6.54 Å². The van der Waals surface area contributed by atoms with Crippen LogP contribution >= 0.6 is 0 Å². The number of likely N-dealkylation sites (tertiary alicyclic amines) is 1. The molecule has 6 nitrogen and oxygen atoms in total. The summed E-state index contributed by atoms with van der Waals surface area (Å²) in [7, 11) is 0. The third-order valence-electron chi connectivity index (χ3n) is 2.99. The molecule has 0 unspecified atom stereocenters. The molecule has 1 rings (SSSR count). The fourth-order valence-electron chi connectivity index (χ4n) is 1.82. The first kappa shape index (κ1) is 14.5. The Bertz CT molecular complexity index is 352. The van der Waals surface area contributed by atoms with E-state index in [1.165, 1.54) is 18.7 Å². The fraction of sp³-hybridized carbons (Fsp3) is 0.750. The van der Waals surface area contributed by atoms with Crippen molar-refractivity contribution < 1.29 is 19.5 Å². The highest BCUT2D eigenvalue weighted by Crippen LogP contribution is 2.11. The van der Waals surface area contributed by atoms with Gasteiger partial charge in [-0.2, -0.15) is 0 Å². The van der Waals surface area contributed by atoms with Crippen molar-refractivity contribution in [2.75, 3.05) is 13.1 Å². The largest absolute Gasteiger partial charge is 0.480 e. The maximum absolute atomic E-state index is 11.7. The Kier molecular flexibility index (Phi) is 4.69. The lowest BCUT2D eigenvalue weighted by Crippen LogP contribution is -2.53. The number of carbonyl (C=O) groups excluding carboxylic acids is 2. The van der Waals surface area contributed by atoms with Crippen molar-refractivity contribution in [2.45, 2.75) is 45.1 Å². The zero-order valence-corrected chi connectivity index (χ0v) is 10.9. The average Bonchev–Trinajstić information content (AvgIpc) is 2.43. The Labute approximate surface area is 106 Å². The number of rotatable bonds is 4. The van der Waals surface area contributed by atoms with Crippen LogP contribution < -0.4 is 5.32 Å². The first-order valence-electron chi connectivity index (χ1n) is 6.15. The molecular formula is C12H20N2O4. The van der Waals surface area contributed by atoms with Gasteiger partial charge < -0.3 is 15.3 Å².